The van der Waals surface area contributed by atoms with Crippen LogP contribution in [0.4, 0.5) is 0 Å². The Bertz CT molecular complexity index is 996. The first-order valence-electron chi connectivity index (χ1n) is 13.5. The summed E-state index contributed by atoms with van der Waals surface area (Å²) in [5, 5.41) is 10.3. The van der Waals surface area contributed by atoms with E-state index in [4.69, 9.17) is 4.74 Å². The van der Waals surface area contributed by atoms with Crippen molar-refractivity contribution in [3.05, 3.63) is 11.1 Å². The van der Waals surface area contributed by atoms with Crippen molar-refractivity contribution in [1.29, 1.82) is 0 Å². The van der Waals surface area contributed by atoms with Crippen LogP contribution in [0.5, 0.6) is 0 Å². The molecule has 0 amide bonds. The van der Waals surface area contributed by atoms with E-state index in [0.717, 1.165) is 32.1 Å². The molecule has 2 saturated carbocycles. The standard InChI is InChI=1S/C29H42O5/c1-7-20(31)21-14-17(2)29(34-21)15-24(33)28(6)19-8-9-22-25(3,18(19)10-13-27(28,29)5)12-11-23(32)26(22,4)16-30/h17,21-22,30H,7-16H2,1-6H3. The lowest BCUT2D eigenvalue weighted by molar-refractivity contribution is -0.163. The van der Waals surface area contributed by atoms with Gasteiger partial charge in [-0.2, -0.15) is 0 Å². The van der Waals surface area contributed by atoms with Crippen LogP contribution in [0.15, 0.2) is 11.1 Å². The summed E-state index contributed by atoms with van der Waals surface area (Å²) in [5.41, 5.74) is 0.251. The minimum absolute atomic E-state index is 0.107. The molecule has 0 aromatic rings. The molecule has 5 nitrogen and oxygen atoms in total. The third kappa shape index (κ3) is 2.56. The Morgan fingerprint density at radius 2 is 1.74 bits per heavy atom. The zero-order valence-corrected chi connectivity index (χ0v) is 21.9. The van der Waals surface area contributed by atoms with Gasteiger partial charge in [0.05, 0.1) is 23.0 Å². The zero-order chi connectivity index (χ0) is 24.9. The smallest absolute Gasteiger partial charge is 0.161 e. The number of aliphatic hydroxyl groups excluding tert-OH is 1. The number of hydrogen-bond donors (Lipinski definition) is 1. The lowest BCUT2D eigenvalue weighted by atomic mass is 9.43. The van der Waals surface area contributed by atoms with E-state index in [2.05, 4.69) is 27.7 Å². The molecule has 1 aliphatic heterocycles. The predicted octanol–water partition coefficient (Wildman–Crippen LogP) is 4.98. The molecule has 188 valence electrons. The number of ketones is 3. The Labute approximate surface area is 204 Å². The lowest BCUT2D eigenvalue weighted by Gasteiger charge is -2.61. The maximum absolute atomic E-state index is 14.0. The number of hydrogen-bond acceptors (Lipinski definition) is 5. The third-order valence-corrected chi connectivity index (χ3v) is 12.0. The van der Waals surface area contributed by atoms with Gasteiger partial charge in [0.15, 0.2) is 5.78 Å². The van der Waals surface area contributed by atoms with Crippen molar-refractivity contribution in [2.75, 3.05) is 6.61 Å². The molecule has 1 heterocycles. The number of Topliss-reactive ketones (excluding diaryl/α,β-unsaturated/α-hetero) is 3. The normalized spacial score (nSPS) is 50.4. The average molecular weight is 471 g/mol. The number of carbonyl (C=O) groups is 3. The second kappa shape index (κ2) is 7.35. The minimum atomic E-state index is -0.703. The summed E-state index contributed by atoms with van der Waals surface area (Å²) >= 11 is 0. The van der Waals surface area contributed by atoms with E-state index in [1.54, 1.807) is 0 Å². The summed E-state index contributed by atoms with van der Waals surface area (Å²) in [6.07, 6.45) is 5.85. The van der Waals surface area contributed by atoms with E-state index in [9.17, 15) is 19.5 Å². The molecule has 1 spiro atoms. The molecule has 0 bridgehead atoms. The molecular weight excluding hydrogens is 428 g/mol. The summed E-state index contributed by atoms with van der Waals surface area (Å²) in [6, 6.07) is 0. The highest BCUT2D eigenvalue weighted by Crippen LogP contribution is 2.74. The largest absolute Gasteiger partial charge is 0.395 e. The number of allylic oxidation sites excluding steroid dienone is 2. The van der Waals surface area contributed by atoms with Gasteiger partial charge < -0.3 is 9.84 Å². The maximum atomic E-state index is 14.0. The Morgan fingerprint density at radius 3 is 2.38 bits per heavy atom. The van der Waals surface area contributed by atoms with E-state index in [-0.39, 0.29) is 46.6 Å². The highest BCUT2D eigenvalue weighted by atomic mass is 16.5. The van der Waals surface area contributed by atoms with Gasteiger partial charge in [-0.25, -0.2) is 0 Å². The number of ether oxygens (including phenoxy) is 1. The highest BCUT2D eigenvalue weighted by Gasteiger charge is 2.75. The molecular formula is C29H42O5. The fourth-order valence-corrected chi connectivity index (χ4v) is 9.62. The summed E-state index contributed by atoms with van der Waals surface area (Å²) in [4.78, 5) is 39.5. The van der Waals surface area contributed by atoms with Gasteiger partial charge >= 0.3 is 0 Å². The molecule has 8 atom stereocenters. The van der Waals surface area contributed by atoms with Crippen LogP contribution in [-0.2, 0) is 19.1 Å². The van der Waals surface area contributed by atoms with E-state index in [1.807, 2.05) is 13.8 Å². The van der Waals surface area contributed by atoms with E-state index < -0.39 is 22.5 Å². The van der Waals surface area contributed by atoms with Crippen molar-refractivity contribution in [3.8, 4) is 0 Å². The summed E-state index contributed by atoms with van der Waals surface area (Å²) in [7, 11) is 0. The molecule has 0 aromatic carbocycles. The topological polar surface area (TPSA) is 80.7 Å². The van der Waals surface area contributed by atoms with Crippen LogP contribution in [0.3, 0.4) is 0 Å². The van der Waals surface area contributed by atoms with Crippen LogP contribution in [0.25, 0.3) is 0 Å². The highest BCUT2D eigenvalue weighted by molar-refractivity contribution is 5.94. The molecule has 1 saturated heterocycles. The van der Waals surface area contributed by atoms with Crippen molar-refractivity contribution in [1.82, 2.24) is 0 Å². The number of rotatable bonds is 3. The predicted molar refractivity (Wildman–Crippen MR) is 129 cm³/mol. The molecule has 8 unspecified atom stereocenters. The SMILES string of the molecule is CCC(=O)C1CC(C)C2(CC(=O)C3(C)C4=C(CCC32C)C2(C)CCC(=O)C(C)(CO)C2CC4)O1. The average Bonchev–Trinajstić information content (AvgIpc) is 3.23. The molecule has 4 aliphatic carbocycles. The fourth-order valence-electron chi connectivity index (χ4n) is 9.62. The van der Waals surface area contributed by atoms with Crippen LogP contribution in [0.1, 0.15) is 99.3 Å². The Hall–Kier alpha value is -1.33. The second-order valence-corrected chi connectivity index (χ2v) is 13.0. The van der Waals surface area contributed by atoms with Crippen molar-refractivity contribution < 1.29 is 24.2 Å². The molecule has 0 aromatic heterocycles. The van der Waals surface area contributed by atoms with Gasteiger partial charge in [0, 0.05) is 24.7 Å². The number of aliphatic hydroxyl groups is 1. The van der Waals surface area contributed by atoms with Gasteiger partial charge in [-0.1, -0.05) is 45.8 Å². The number of fused-ring (bicyclic) bond motifs is 5. The molecule has 1 N–H and O–H groups in total. The van der Waals surface area contributed by atoms with Crippen LogP contribution >= 0.6 is 0 Å². The van der Waals surface area contributed by atoms with Gasteiger partial charge in [0.2, 0.25) is 0 Å². The second-order valence-electron chi connectivity index (χ2n) is 13.0. The van der Waals surface area contributed by atoms with Crippen molar-refractivity contribution >= 4 is 17.3 Å². The summed E-state index contributed by atoms with van der Waals surface area (Å²) in [6.45, 7) is 12.6. The Kier molecular flexibility index (Phi) is 5.27. The first-order chi connectivity index (χ1) is 15.9. The number of carbonyl (C=O) groups excluding carboxylic acids is 3. The lowest BCUT2D eigenvalue weighted by Crippen LogP contribution is -2.59. The van der Waals surface area contributed by atoms with Gasteiger partial charge in [0.1, 0.15) is 17.7 Å². The molecule has 3 fully saturated rings. The maximum Gasteiger partial charge on any atom is 0.161 e. The summed E-state index contributed by atoms with van der Waals surface area (Å²) in [5.74, 6) is 0.855. The van der Waals surface area contributed by atoms with Gasteiger partial charge in [0.25, 0.3) is 0 Å². The van der Waals surface area contributed by atoms with Gasteiger partial charge in [-0.15, -0.1) is 0 Å². The molecule has 34 heavy (non-hydrogen) atoms. The molecule has 5 aliphatic rings. The van der Waals surface area contributed by atoms with Crippen LogP contribution in [0, 0.1) is 33.5 Å². The van der Waals surface area contributed by atoms with Crippen molar-refractivity contribution in [2.24, 2.45) is 33.5 Å². The van der Waals surface area contributed by atoms with Crippen LogP contribution in [-0.4, -0.2) is 40.8 Å². The van der Waals surface area contributed by atoms with E-state index >= 15 is 0 Å². The first-order valence-corrected chi connectivity index (χ1v) is 13.5. The molecule has 5 heteroatoms. The quantitative estimate of drug-likeness (QED) is 0.588. The fraction of sp³-hybridized carbons (Fsp3) is 0.828. The molecule has 5 rings (SSSR count). The minimum Gasteiger partial charge on any atom is -0.395 e. The van der Waals surface area contributed by atoms with Gasteiger partial charge in [-0.05, 0) is 62.7 Å². The first kappa shape index (κ1) is 24.4. The zero-order valence-electron chi connectivity index (χ0n) is 21.9. The van der Waals surface area contributed by atoms with E-state index in [0.29, 0.717) is 25.7 Å². The van der Waals surface area contributed by atoms with E-state index in [1.165, 1.54) is 11.1 Å². The van der Waals surface area contributed by atoms with Crippen LogP contribution < -0.4 is 0 Å². The summed E-state index contributed by atoms with van der Waals surface area (Å²) < 4.78 is 6.69. The van der Waals surface area contributed by atoms with Crippen LogP contribution in [0.2, 0.25) is 0 Å². The van der Waals surface area contributed by atoms with Crippen molar-refractivity contribution in [2.45, 2.75) is 111 Å². The molecule has 0 radical (unpaired) electrons. The van der Waals surface area contributed by atoms with Crippen molar-refractivity contribution in [3.63, 3.8) is 0 Å². The monoisotopic (exact) mass is 470 g/mol. The Morgan fingerprint density at radius 1 is 1.03 bits per heavy atom. The van der Waals surface area contributed by atoms with Gasteiger partial charge in [-0.3, -0.25) is 14.4 Å². The Balaban J connectivity index is 1.61. The third-order valence-electron chi connectivity index (χ3n) is 12.0.